The second-order valence-electron chi connectivity index (χ2n) is 4.13. The van der Waals surface area contributed by atoms with Gasteiger partial charge in [-0.25, -0.2) is 13.9 Å². The number of fused-ring (bicyclic) bond motifs is 1. The highest BCUT2D eigenvalue weighted by atomic mass is 127. The van der Waals surface area contributed by atoms with Crippen LogP contribution in [0, 0.1) is 9.39 Å². The van der Waals surface area contributed by atoms with Crippen LogP contribution in [0.25, 0.3) is 16.6 Å². The molecule has 2 aromatic carbocycles. The Hall–Kier alpha value is -1.47. The molecule has 0 unspecified atom stereocenters. The Kier molecular flexibility index (Phi) is 3.47. The van der Waals surface area contributed by atoms with Gasteiger partial charge in [-0.3, -0.25) is 4.79 Å². The minimum Gasteiger partial charge on any atom is -0.268 e. The Labute approximate surface area is 132 Å². The molecule has 20 heavy (non-hydrogen) atoms. The summed E-state index contributed by atoms with van der Waals surface area (Å²) in [6, 6.07) is 11.2. The normalized spacial score (nSPS) is 10.9. The third kappa shape index (κ3) is 2.20. The van der Waals surface area contributed by atoms with Crippen LogP contribution in [0.3, 0.4) is 0 Å². The molecule has 0 amide bonds. The fraction of sp³-hybridized carbons (Fsp3) is 0. The van der Waals surface area contributed by atoms with Crippen molar-refractivity contribution in [2.45, 2.75) is 0 Å². The highest BCUT2D eigenvalue weighted by Crippen LogP contribution is 2.19. The molecule has 1 heterocycles. The van der Waals surface area contributed by atoms with E-state index in [-0.39, 0.29) is 16.5 Å². The summed E-state index contributed by atoms with van der Waals surface area (Å²) >= 11 is 8.14. The molecule has 0 N–H and O–H groups in total. The smallest absolute Gasteiger partial charge is 0.267 e. The van der Waals surface area contributed by atoms with Crippen LogP contribution >= 0.6 is 34.2 Å². The van der Waals surface area contributed by atoms with Crippen molar-refractivity contribution in [2.24, 2.45) is 0 Å². The molecular formula is C14H7ClFIN2O. The molecule has 0 spiro atoms. The molecule has 0 aliphatic carbocycles. The zero-order valence-electron chi connectivity index (χ0n) is 9.98. The average molecular weight is 401 g/mol. The van der Waals surface area contributed by atoms with Crippen LogP contribution in [0.15, 0.2) is 47.3 Å². The maximum absolute atomic E-state index is 13.9. The highest BCUT2D eigenvalue weighted by Gasteiger charge is 2.14. The van der Waals surface area contributed by atoms with Gasteiger partial charge in [0.1, 0.15) is 5.82 Å². The van der Waals surface area contributed by atoms with Crippen molar-refractivity contribution in [3.05, 3.63) is 67.5 Å². The van der Waals surface area contributed by atoms with Crippen molar-refractivity contribution in [3.63, 3.8) is 0 Å². The Bertz CT molecular complexity index is 879. The van der Waals surface area contributed by atoms with Gasteiger partial charge in [0.2, 0.25) is 5.28 Å². The van der Waals surface area contributed by atoms with Crippen molar-refractivity contribution in [1.82, 2.24) is 9.55 Å². The molecular weight excluding hydrogens is 394 g/mol. The first-order chi connectivity index (χ1) is 9.58. The fourth-order valence-corrected chi connectivity index (χ4v) is 2.72. The number of aromatic nitrogens is 2. The molecule has 0 fully saturated rings. The van der Waals surface area contributed by atoms with E-state index in [2.05, 4.69) is 27.6 Å². The van der Waals surface area contributed by atoms with E-state index in [1.807, 2.05) is 6.07 Å². The summed E-state index contributed by atoms with van der Waals surface area (Å²) in [7, 11) is 0. The van der Waals surface area contributed by atoms with E-state index >= 15 is 0 Å². The number of halogens is 3. The molecule has 0 saturated heterocycles. The number of benzene rings is 2. The molecule has 6 heteroatoms. The first kappa shape index (κ1) is 13.5. The van der Waals surface area contributed by atoms with Crippen molar-refractivity contribution in [2.75, 3.05) is 0 Å². The minimum atomic E-state index is -0.525. The molecule has 0 aliphatic rings. The molecule has 0 aliphatic heterocycles. The van der Waals surface area contributed by atoms with E-state index in [0.717, 1.165) is 8.14 Å². The van der Waals surface area contributed by atoms with E-state index < -0.39 is 5.82 Å². The lowest BCUT2D eigenvalue weighted by Gasteiger charge is -2.10. The van der Waals surface area contributed by atoms with Crippen LogP contribution in [0.5, 0.6) is 0 Å². The van der Waals surface area contributed by atoms with E-state index in [1.165, 1.54) is 12.1 Å². The second-order valence-corrected chi connectivity index (χ2v) is 5.72. The standard InChI is InChI=1S/C14H7ClFIN2O/c15-14-18-11-6-5-8(17)7-9(11)13(20)19(14)12-4-2-1-3-10(12)16/h1-7H. The van der Waals surface area contributed by atoms with Gasteiger partial charge in [0.25, 0.3) is 5.56 Å². The van der Waals surface area contributed by atoms with Crippen LogP contribution in [0.1, 0.15) is 0 Å². The topological polar surface area (TPSA) is 34.9 Å². The van der Waals surface area contributed by atoms with Gasteiger partial charge in [-0.05, 0) is 64.5 Å². The maximum Gasteiger partial charge on any atom is 0.267 e. The predicted molar refractivity (Wildman–Crippen MR) is 85.0 cm³/mol. The van der Waals surface area contributed by atoms with Crippen LogP contribution in [-0.2, 0) is 0 Å². The van der Waals surface area contributed by atoms with Crippen LogP contribution < -0.4 is 5.56 Å². The largest absolute Gasteiger partial charge is 0.268 e. The molecule has 0 radical (unpaired) electrons. The summed E-state index contributed by atoms with van der Waals surface area (Å²) in [6.07, 6.45) is 0. The van der Waals surface area contributed by atoms with Gasteiger partial charge < -0.3 is 0 Å². The zero-order chi connectivity index (χ0) is 14.3. The van der Waals surface area contributed by atoms with Gasteiger partial charge in [-0.1, -0.05) is 12.1 Å². The first-order valence-electron chi connectivity index (χ1n) is 5.70. The summed E-state index contributed by atoms with van der Waals surface area (Å²) in [4.78, 5) is 16.7. The number of para-hydroxylation sites is 1. The summed E-state index contributed by atoms with van der Waals surface area (Å²) in [5, 5.41) is 0.346. The van der Waals surface area contributed by atoms with Crippen molar-refractivity contribution >= 4 is 45.1 Å². The molecule has 3 nitrogen and oxygen atoms in total. The summed E-state index contributed by atoms with van der Waals surface area (Å²) in [5.74, 6) is -0.525. The van der Waals surface area contributed by atoms with Gasteiger partial charge in [0.05, 0.1) is 16.6 Å². The van der Waals surface area contributed by atoms with Gasteiger partial charge in [0.15, 0.2) is 0 Å². The van der Waals surface area contributed by atoms with E-state index in [9.17, 15) is 9.18 Å². The highest BCUT2D eigenvalue weighted by molar-refractivity contribution is 14.1. The lowest BCUT2D eigenvalue weighted by Crippen LogP contribution is -2.21. The van der Waals surface area contributed by atoms with Gasteiger partial charge in [-0.2, -0.15) is 0 Å². The Balaban J connectivity index is 2.43. The summed E-state index contributed by atoms with van der Waals surface area (Å²) in [5.41, 5.74) is 0.201. The van der Waals surface area contributed by atoms with E-state index in [1.54, 1.807) is 24.3 Å². The first-order valence-corrected chi connectivity index (χ1v) is 7.16. The second kappa shape index (κ2) is 5.14. The Morgan fingerprint density at radius 3 is 2.70 bits per heavy atom. The molecule has 3 rings (SSSR count). The molecule has 0 atom stereocenters. The molecule has 100 valence electrons. The number of nitrogens with zero attached hydrogens (tertiary/aromatic N) is 2. The molecule has 0 bridgehead atoms. The molecule has 1 aromatic heterocycles. The summed E-state index contributed by atoms with van der Waals surface area (Å²) in [6.45, 7) is 0. The van der Waals surface area contributed by atoms with Crippen molar-refractivity contribution in [3.8, 4) is 5.69 Å². The maximum atomic E-state index is 13.9. The average Bonchev–Trinajstić information content (AvgIpc) is 2.42. The monoisotopic (exact) mass is 400 g/mol. The van der Waals surface area contributed by atoms with Gasteiger partial charge >= 0.3 is 0 Å². The SMILES string of the molecule is O=c1c2cc(I)ccc2nc(Cl)n1-c1ccccc1F. The number of hydrogen-bond donors (Lipinski definition) is 0. The van der Waals surface area contributed by atoms with Crippen LogP contribution in [-0.4, -0.2) is 9.55 Å². The number of rotatable bonds is 1. The van der Waals surface area contributed by atoms with Crippen LogP contribution in [0.2, 0.25) is 5.28 Å². The molecule has 0 saturated carbocycles. The quantitative estimate of drug-likeness (QED) is 0.460. The zero-order valence-corrected chi connectivity index (χ0v) is 12.9. The third-order valence-corrected chi connectivity index (χ3v) is 3.81. The van der Waals surface area contributed by atoms with Gasteiger partial charge in [-0.15, -0.1) is 0 Å². The van der Waals surface area contributed by atoms with Crippen molar-refractivity contribution in [1.29, 1.82) is 0 Å². The predicted octanol–water partition coefficient (Wildman–Crippen LogP) is 3.78. The molecule has 3 aromatic rings. The van der Waals surface area contributed by atoms with Crippen LogP contribution in [0.4, 0.5) is 4.39 Å². The number of hydrogen-bond acceptors (Lipinski definition) is 2. The lowest BCUT2D eigenvalue weighted by atomic mass is 10.2. The Morgan fingerprint density at radius 2 is 1.95 bits per heavy atom. The fourth-order valence-electron chi connectivity index (χ4n) is 1.97. The lowest BCUT2D eigenvalue weighted by molar-refractivity contribution is 0.616. The van der Waals surface area contributed by atoms with E-state index in [0.29, 0.717) is 10.9 Å². The third-order valence-electron chi connectivity index (χ3n) is 2.88. The summed E-state index contributed by atoms with van der Waals surface area (Å²) < 4.78 is 15.8. The Morgan fingerprint density at radius 1 is 1.20 bits per heavy atom. The minimum absolute atomic E-state index is 0.0613. The van der Waals surface area contributed by atoms with Crippen molar-refractivity contribution < 1.29 is 4.39 Å². The van der Waals surface area contributed by atoms with Gasteiger partial charge in [0, 0.05) is 3.57 Å². The van der Waals surface area contributed by atoms with E-state index in [4.69, 9.17) is 11.6 Å².